The lowest BCUT2D eigenvalue weighted by molar-refractivity contribution is 0.0128. The molecule has 0 amide bonds. The molecule has 0 radical (unpaired) electrons. The van der Waals surface area contributed by atoms with Crippen molar-refractivity contribution >= 4 is 0 Å². The molecule has 1 aliphatic heterocycles. The van der Waals surface area contributed by atoms with E-state index in [1.54, 1.807) is 10.9 Å². The minimum atomic E-state index is -0.165. The van der Waals surface area contributed by atoms with Gasteiger partial charge >= 0.3 is 0 Å². The molecule has 2 heterocycles. The van der Waals surface area contributed by atoms with Gasteiger partial charge in [-0.25, -0.2) is 5.43 Å². The van der Waals surface area contributed by atoms with E-state index in [4.69, 9.17) is 10.6 Å². The molecule has 6 heteroatoms. The fourth-order valence-corrected chi connectivity index (χ4v) is 2.61. The van der Waals surface area contributed by atoms with Gasteiger partial charge in [0.2, 0.25) is 0 Å². The average molecular weight is 259 g/mol. The summed E-state index contributed by atoms with van der Waals surface area (Å²) in [5.41, 5.74) is 6.23. The Morgan fingerprint density at radius 2 is 2.32 bits per heavy atom. The molecule has 2 aromatic rings. The van der Waals surface area contributed by atoms with Gasteiger partial charge < -0.3 is 4.74 Å². The first-order chi connectivity index (χ1) is 9.31. The molecule has 3 N–H and O–H groups in total. The zero-order chi connectivity index (χ0) is 13.2. The van der Waals surface area contributed by atoms with E-state index in [2.05, 4.69) is 33.9 Å². The Hall–Kier alpha value is -1.76. The monoisotopic (exact) mass is 259 g/mol. The lowest BCUT2D eigenvalue weighted by Crippen LogP contribution is -2.36. The highest BCUT2D eigenvalue weighted by atomic mass is 16.5. The molecule has 0 saturated carbocycles. The molecule has 6 nitrogen and oxygen atoms in total. The van der Waals surface area contributed by atoms with Crippen molar-refractivity contribution in [2.45, 2.75) is 18.6 Å². The highest BCUT2D eigenvalue weighted by molar-refractivity contribution is 5.33. The van der Waals surface area contributed by atoms with Crippen LogP contribution in [0.4, 0.5) is 0 Å². The third kappa shape index (κ3) is 2.14. The third-order valence-electron chi connectivity index (χ3n) is 3.58. The van der Waals surface area contributed by atoms with Crippen LogP contribution in [0.25, 0.3) is 0 Å². The third-order valence-corrected chi connectivity index (χ3v) is 3.58. The summed E-state index contributed by atoms with van der Waals surface area (Å²) in [5, 5.41) is 7.86. The molecular formula is C13H17N5O. The maximum atomic E-state index is 5.92. The van der Waals surface area contributed by atoms with Crippen LogP contribution in [0.5, 0.6) is 0 Å². The van der Waals surface area contributed by atoms with Crippen LogP contribution < -0.4 is 11.3 Å². The lowest BCUT2D eigenvalue weighted by Gasteiger charge is -2.31. The van der Waals surface area contributed by atoms with E-state index in [1.807, 2.05) is 13.1 Å². The van der Waals surface area contributed by atoms with E-state index in [1.165, 1.54) is 11.1 Å². The number of hydrogen-bond donors (Lipinski definition) is 2. The molecule has 0 aliphatic carbocycles. The smallest absolute Gasteiger partial charge is 0.105 e. The predicted molar refractivity (Wildman–Crippen MR) is 69.9 cm³/mol. The molecule has 1 aromatic carbocycles. The Bertz CT molecular complexity index is 568. The Labute approximate surface area is 111 Å². The number of benzene rings is 1. The van der Waals surface area contributed by atoms with Gasteiger partial charge in [-0.3, -0.25) is 10.5 Å². The van der Waals surface area contributed by atoms with Gasteiger partial charge in [0, 0.05) is 7.05 Å². The molecule has 0 bridgehead atoms. The normalized spacial score (nSPS) is 20.0. The number of aryl methyl sites for hydroxylation is 1. The summed E-state index contributed by atoms with van der Waals surface area (Å²) in [5.74, 6) is 5.72. The fourth-order valence-electron chi connectivity index (χ4n) is 2.61. The average Bonchev–Trinajstić information content (AvgIpc) is 2.86. The van der Waals surface area contributed by atoms with Crippen LogP contribution in [-0.2, 0) is 18.2 Å². The largest absolute Gasteiger partial charge is 0.371 e. The van der Waals surface area contributed by atoms with Gasteiger partial charge in [-0.1, -0.05) is 29.5 Å². The number of nitrogens with two attached hydrogens (primary N) is 1. The van der Waals surface area contributed by atoms with Crippen LogP contribution in [0, 0.1) is 0 Å². The number of rotatable bonds is 3. The van der Waals surface area contributed by atoms with E-state index in [-0.39, 0.29) is 12.1 Å². The van der Waals surface area contributed by atoms with Crippen molar-refractivity contribution in [2.75, 3.05) is 6.61 Å². The van der Waals surface area contributed by atoms with E-state index < -0.39 is 0 Å². The number of nitrogens with zero attached hydrogens (tertiary/aromatic N) is 3. The molecule has 0 fully saturated rings. The van der Waals surface area contributed by atoms with Crippen LogP contribution in [0.1, 0.15) is 29.0 Å². The number of ether oxygens (including phenoxy) is 1. The second kappa shape index (κ2) is 5.08. The summed E-state index contributed by atoms with van der Waals surface area (Å²) >= 11 is 0. The van der Waals surface area contributed by atoms with E-state index in [0.717, 1.165) is 12.1 Å². The molecule has 0 saturated heterocycles. The lowest BCUT2D eigenvalue weighted by atomic mass is 9.92. The van der Waals surface area contributed by atoms with Gasteiger partial charge in [0.1, 0.15) is 6.10 Å². The molecule has 1 aromatic heterocycles. The summed E-state index contributed by atoms with van der Waals surface area (Å²) in [6, 6.07) is 8.14. The van der Waals surface area contributed by atoms with Crippen LogP contribution >= 0.6 is 0 Å². The SMILES string of the molecule is Cn1nncc1C(NN)C1OCCc2ccccc21. The second-order valence-electron chi connectivity index (χ2n) is 4.67. The zero-order valence-corrected chi connectivity index (χ0v) is 10.8. The van der Waals surface area contributed by atoms with Gasteiger partial charge in [0.25, 0.3) is 0 Å². The molecule has 2 atom stereocenters. The topological polar surface area (TPSA) is 78.0 Å². The Kier molecular flexibility index (Phi) is 3.29. The van der Waals surface area contributed by atoms with Crippen molar-refractivity contribution < 1.29 is 4.74 Å². The van der Waals surface area contributed by atoms with Gasteiger partial charge in [-0.05, 0) is 17.5 Å². The van der Waals surface area contributed by atoms with Crippen molar-refractivity contribution in [3.05, 3.63) is 47.3 Å². The molecule has 100 valence electrons. The van der Waals surface area contributed by atoms with Crippen LogP contribution in [0.2, 0.25) is 0 Å². The first kappa shape index (κ1) is 12.3. The molecular weight excluding hydrogens is 242 g/mol. The van der Waals surface area contributed by atoms with Gasteiger partial charge in [-0.2, -0.15) is 0 Å². The summed E-state index contributed by atoms with van der Waals surface area (Å²) in [6.45, 7) is 0.700. The maximum Gasteiger partial charge on any atom is 0.105 e. The van der Waals surface area contributed by atoms with E-state index in [9.17, 15) is 0 Å². The van der Waals surface area contributed by atoms with Crippen molar-refractivity contribution in [3.63, 3.8) is 0 Å². The van der Waals surface area contributed by atoms with Crippen molar-refractivity contribution in [3.8, 4) is 0 Å². The first-order valence-electron chi connectivity index (χ1n) is 6.31. The standard InChI is InChI=1S/C13H17N5O/c1-18-11(8-15-17-18)12(16-14)13-10-5-3-2-4-9(10)6-7-19-13/h2-5,8,12-13,16H,6-7,14H2,1H3. The summed E-state index contributed by atoms with van der Waals surface area (Å²) in [4.78, 5) is 0. The Morgan fingerprint density at radius 3 is 3.05 bits per heavy atom. The van der Waals surface area contributed by atoms with E-state index >= 15 is 0 Å². The Morgan fingerprint density at radius 1 is 1.47 bits per heavy atom. The minimum Gasteiger partial charge on any atom is -0.371 e. The van der Waals surface area contributed by atoms with Crippen LogP contribution in [0.3, 0.4) is 0 Å². The molecule has 1 aliphatic rings. The van der Waals surface area contributed by atoms with Crippen molar-refractivity contribution in [2.24, 2.45) is 12.9 Å². The molecule has 3 rings (SSSR count). The molecule has 0 spiro atoms. The number of hydrogen-bond acceptors (Lipinski definition) is 5. The number of aromatic nitrogens is 3. The Balaban J connectivity index is 2.00. The quantitative estimate of drug-likeness (QED) is 0.624. The summed E-state index contributed by atoms with van der Waals surface area (Å²) < 4.78 is 7.64. The van der Waals surface area contributed by atoms with Crippen LogP contribution in [0.15, 0.2) is 30.5 Å². The predicted octanol–water partition coefficient (Wildman–Crippen LogP) is 0.633. The first-order valence-corrected chi connectivity index (χ1v) is 6.31. The summed E-state index contributed by atoms with van der Waals surface area (Å²) in [6.07, 6.45) is 2.53. The maximum absolute atomic E-state index is 5.92. The van der Waals surface area contributed by atoms with E-state index in [0.29, 0.717) is 6.61 Å². The van der Waals surface area contributed by atoms with Gasteiger partial charge in [0.15, 0.2) is 0 Å². The van der Waals surface area contributed by atoms with Crippen molar-refractivity contribution in [1.29, 1.82) is 0 Å². The second-order valence-corrected chi connectivity index (χ2v) is 4.67. The number of hydrazine groups is 1. The molecule has 19 heavy (non-hydrogen) atoms. The van der Waals surface area contributed by atoms with Gasteiger partial charge in [-0.15, -0.1) is 5.10 Å². The molecule has 2 unspecified atom stereocenters. The highest BCUT2D eigenvalue weighted by Crippen LogP contribution is 2.35. The zero-order valence-electron chi connectivity index (χ0n) is 10.8. The van der Waals surface area contributed by atoms with Gasteiger partial charge in [0.05, 0.1) is 24.5 Å². The van der Waals surface area contributed by atoms with Crippen molar-refractivity contribution in [1.82, 2.24) is 20.4 Å². The summed E-state index contributed by atoms with van der Waals surface area (Å²) in [7, 11) is 1.85. The number of nitrogens with one attached hydrogen (secondary N) is 1. The van der Waals surface area contributed by atoms with Crippen LogP contribution in [-0.4, -0.2) is 21.6 Å². The number of fused-ring (bicyclic) bond motifs is 1. The fraction of sp³-hybridized carbons (Fsp3) is 0.385. The highest BCUT2D eigenvalue weighted by Gasteiger charge is 2.31. The minimum absolute atomic E-state index is 0.118.